The smallest absolute Gasteiger partial charge is 0.0642 e. The summed E-state index contributed by atoms with van der Waals surface area (Å²) in [5, 5.41) is 10.4. The van der Waals surface area contributed by atoms with Gasteiger partial charge in [0.25, 0.3) is 0 Å². The number of rotatable bonds is 3. The van der Waals surface area contributed by atoms with Crippen LogP contribution in [0.1, 0.15) is 31.9 Å². The molecule has 1 aromatic carbocycles. The maximum absolute atomic E-state index is 9.63. The number of benzene rings is 1. The van der Waals surface area contributed by atoms with Crippen LogP contribution in [0.25, 0.3) is 0 Å². The first-order valence-corrected chi connectivity index (χ1v) is 6.85. The van der Waals surface area contributed by atoms with E-state index >= 15 is 0 Å². The minimum absolute atomic E-state index is 0.000315. The zero-order valence-corrected chi connectivity index (χ0v) is 11.7. The van der Waals surface area contributed by atoms with E-state index in [0.29, 0.717) is 5.92 Å². The van der Waals surface area contributed by atoms with E-state index in [1.54, 1.807) is 0 Å². The number of nitrogens with two attached hydrogens (primary N) is 1. The predicted octanol–water partition coefficient (Wildman–Crippen LogP) is 2.57. The summed E-state index contributed by atoms with van der Waals surface area (Å²) < 4.78 is 0. The fraction of sp³-hybridized carbons (Fsp3) is 0.571. The van der Waals surface area contributed by atoms with Crippen molar-refractivity contribution in [3.8, 4) is 0 Å². The van der Waals surface area contributed by atoms with Crippen LogP contribution in [-0.2, 0) is 0 Å². The molecule has 0 aliphatic carbocycles. The first kappa shape index (κ1) is 13.7. The molecule has 2 unspecified atom stereocenters. The number of hydrogen-bond acceptors (Lipinski definition) is 3. The minimum atomic E-state index is -0.253. The number of halogens is 1. The number of aliphatic hydroxyl groups excluding tert-OH is 1. The fourth-order valence-corrected chi connectivity index (χ4v) is 2.77. The minimum Gasteiger partial charge on any atom is -0.393 e. The molecule has 3 atom stereocenters. The first-order chi connectivity index (χ1) is 8.49. The largest absolute Gasteiger partial charge is 0.393 e. The lowest BCUT2D eigenvalue weighted by atomic mass is 10.0. The molecule has 1 aromatic rings. The molecule has 2 rings (SSSR count). The fourth-order valence-electron chi connectivity index (χ4n) is 2.46. The topological polar surface area (TPSA) is 49.5 Å². The van der Waals surface area contributed by atoms with E-state index in [4.69, 9.17) is 17.3 Å². The molecule has 0 aromatic heterocycles. The molecular weight excluding hydrogens is 248 g/mol. The molecule has 1 saturated heterocycles. The standard InChI is InChI=1S/C14H21ClN2O/c1-9(16)11-3-4-14(13(15)7-11)17-6-5-12(8-17)10(2)18/h3-4,7,9-10,12,18H,5-6,8,16H2,1-2H3/t9-,10?,12?/m1/s1. The molecule has 1 fully saturated rings. The molecule has 0 saturated carbocycles. The second-order valence-corrected chi connectivity index (χ2v) is 5.64. The van der Waals surface area contributed by atoms with E-state index in [9.17, 15) is 5.11 Å². The van der Waals surface area contributed by atoms with Crippen LogP contribution in [0.2, 0.25) is 5.02 Å². The van der Waals surface area contributed by atoms with Gasteiger partial charge in [0.1, 0.15) is 0 Å². The van der Waals surface area contributed by atoms with Crippen molar-refractivity contribution >= 4 is 17.3 Å². The van der Waals surface area contributed by atoms with Crippen LogP contribution >= 0.6 is 11.6 Å². The van der Waals surface area contributed by atoms with Gasteiger partial charge in [0, 0.05) is 25.0 Å². The molecular formula is C14H21ClN2O. The second kappa shape index (κ2) is 5.47. The van der Waals surface area contributed by atoms with Crippen LogP contribution < -0.4 is 10.6 Å². The Kier molecular flexibility index (Phi) is 4.15. The van der Waals surface area contributed by atoms with Crippen LogP contribution in [-0.4, -0.2) is 24.3 Å². The summed E-state index contributed by atoms with van der Waals surface area (Å²) in [6.07, 6.45) is 0.764. The van der Waals surface area contributed by atoms with Crippen LogP contribution in [0.4, 0.5) is 5.69 Å². The number of hydrogen-bond donors (Lipinski definition) is 2. The van der Waals surface area contributed by atoms with Gasteiger partial charge in [-0.1, -0.05) is 17.7 Å². The molecule has 1 heterocycles. The third kappa shape index (κ3) is 2.79. The van der Waals surface area contributed by atoms with Gasteiger partial charge in [-0.2, -0.15) is 0 Å². The Morgan fingerprint density at radius 2 is 2.17 bits per heavy atom. The van der Waals surface area contributed by atoms with Crippen LogP contribution in [0.3, 0.4) is 0 Å². The lowest BCUT2D eigenvalue weighted by Crippen LogP contribution is -2.24. The summed E-state index contributed by atoms with van der Waals surface area (Å²) >= 11 is 6.32. The average Bonchev–Trinajstić information content (AvgIpc) is 2.78. The Labute approximate surface area is 114 Å². The molecule has 0 amide bonds. The van der Waals surface area contributed by atoms with Crippen LogP contribution in [0.5, 0.6) is 0 Å². The van der Waals surface area contributed by atoms with Gasteiger partial charge in [0.15, 0.2) is 0 Å². The van der Waals surface area contributed by atoms with Gasteiger partial charge in [-0.05, 0) is 38.0 Å². The zero-order chi connectivity index (χ0) is 13.3. The summed E-state index contributed by atoms with van der Waals surface area (Å²) in [6.45, 7) is 5.63. The summed E-state index contributed by atoms with van der Waals surface area (Å²) in [4.78, 5) is 2.24. The number of nitrogens with zero attached hydrogens (tertiary/aromatic N) is 1. The second-order valence-electron chi connectivity index (χ2n) is 5.23. The van der Waals surface area contributed by atoms with E-state index in [1.165, 1.54) is 0 Å². The van der Waals surface area contributed by atoms with Crippen molar-refractivity contribution in [1.82, 2.24) is 0 Å². The summed E-state index contributed by atoms with van der Waals surface area (Å²) in [5.74, 6) is 0.342. The van der Waals surface area contributed by atoms with Gasteiger partial charge >= 0.3 is 0 Å². The number of aliphatic hydroxyl groups is 1. The van der Waals surface area contributed by atoms with E-state index in [2.05, 4.69) is 4.90 Å². The van der Waals surface area contributed by atoms with Gasteiger partial charge in [-0.25, -0.2) is 0 Å². The Bertz CT molecular complexity index is 420. The van der Waals surface area contributed by atoms with E-state index in [1.807, 2.05) is 32.0 Å². The quantitative estimate of drug-likeness (QED) is 0.886. The molecule has 1 aliphatic rings. The maximum Gasteiger partial charge on any atom is 0.0642 e. The molecule has 4 heteroatoms. The molecule has 18 heavy (non-hydrogen) atoms. The Hall–Kier alpha value is -0.770. The normalized spacial score (nSPS) is 23.2. The summed E-state index contributed by atoms with van der Waals surface area (Å²) in [5.41, 5.74) is 7.94. The molecule has 0 radical (unpaired) electrons. The van der Waals surface area contributed by atoms with Gasteiger partial charge in [0.2, 0.25) is 0 Å². The van der Waals surface area contributed by atoms with Crippen molar-refractivity contribution in [2.24, 2.45) is 11.7 Å². The Balaban J connectivity index is 2.15. The summed E-state index contributed by atoms with van der Waals surface area (Å²) in [7, 11) is 0. The van der Waals surface area contributed by atoms with Crippen molar-refractivity contribution in [2.45, 2.75) is 32.4 Å². The molecule has 0 bridgehead atoms. The molecule has 100 valence electrons. The highest BCUT2D eigenvalue weighted by atomic mass is 35.5. The maximum atomic E-state index is 9.63. The van der Waals surface area contributed by atoms with E-state index in [0.717, 1.165) is 35.8 Å². The van der Waals surface area contributed by atoms with E-state index < -0.39 is 0 Å². The third-order valence-corrected chi connectivity index (χ3v) is 4.05. The Morgan fingerprint density at radius 1 is 1.44 bits per heavy atom. The zero-order valence-electron chi connectivity index (χ0n) is 10.9. The van der Waals surface area contributed by atoms with Gasteiger partial charge in [-0.15, -0.1) is 0 Å². The highest BCUT2D eigenvalue weighted by molar-refractivity contribution is 6.33. The lowest BCUT2D eigenvalue weighted by Gasteiger charge is -2.21. The lowest BCUT2D eigenvalue weighted by molar-refractivity contribution is 0.136. The SMILES string of the molecule is CC(O)C1CCN(c2ccc([C@@H](C)N)cc2Cl)C1. The molecule has 0 spiro atoms. The van der Waals surface area contributed by atoms with Gasteiger partial charge in [0.05, 0.1) is 16.8 Å². The monoisotopic (exact) mass is 268 g/mol. The Morgan fingerprint density at radius 3 is 2.67 bits per heavy atom. The molecule has 1 aliphatic heterocycles. The number of anilines is 1. The first-order valence-electron chi connectivity index (χ1n) is 6.47. The van der Waals surface area contributed by atoms with Gasteiger partial charge in [-0.3, -0.25) is 0 Å². The predicted molar refractivity (Wildman–Crippen MR) is 76.1 cm³/mol. The van der Waals surface area contributed by atoms with Crippen LogP contribution in [0, 0.1) is 5.92 Å². The van der Waals surface area contributed by atoms with E-state index in [-0.39, 0.29) is 12.1 Å². The van der Waals surface area contributed by atoms with Crippen molar-refractivity contribution in [3.05, 3.63) is 28.8 Å². The molecule has 3 N–H and O–H groups in total. The van der Waals surface area contributed by atoms with Gasteiger partial charge < -0.3 is 15.7 Å². The third-order valence-electron chi connectivity index (χ3n) is 3.75. The summed E-state index contributed by atoms with van der Waals surface area (Å²) in [6, 6.07) is 6.00. The van der Waals surface area contributed by atoms with Crippen molar-refractivity contribution < 1.29 is 5.11 Å². The highest BCUT2D eigenvalue weighted by Gasteiger charge is 2.27. The van der Waals surface area contributed by atoms with Crippen molar-refractivity contribution in [3.63, 3.8) is 0 Å². The van der Waals surface area contributed by atoms with Crippen molar-refractivity contribution in [1.29, 1.82) is 0 Å². The highest BCUT2D eigenvalue weighted by Crippen LogP contribution is 2.33. The average molecular weight is 269 g/mol. The van der Waals surface area contributed by atoms with Crippen LogP contribution in [0.15, 0.2) is 18.2 Å². The molecule has 3 nitrogen and oxygen atoms in total. The van der Waals surface area contributed by atoms with Crippen molar-refractivity contribution in [2.75, 3.05) is 18.0 Å².